The van der Waals surface area contributed by atoms with Gasteiger partial charge in [-0.1, -0.05) is 57.2 Å². The van der Waals surface area contributed by atoms with Crippen molar-refractivity contribution in [3.63, 3.8) is 0 Å². The van der Waals surface area contributed by atoms with E-state index in [1.54, 1.807) is 12.4 Å². The summed E-state index contributed by atoms with van der Waals surface area (Å²) in [4.78, 5) is 26.6. The molecule has 11 nitrogen and oxygen atoms in total. The average Bonchev–Trinajstić information content (AvgIpc) is 4.09. The Bertz CT molecular complexity index is 3050. The molecule has 0 spiro atoms. The first-order valence-electron chi connectivity index (χ1n) is 24.7. The number of hydrogen-bond acceptors (Lipinski definition) is 11. The third-order valence-corrected chi connectivity index (χ3v) is 13.0. The Morgan fingerprint density at radius 3 is 1.56 bits per heavy atom. The molecule has 11 rings (SSSR count). The van der Waals surface area contributed by atoms with E-state index in [9.17, 15) is 0 Å². The van der Waals surface area contributed by atoms with Gasteiger partial charge in [0, 0.05) is 86.8 Å². The Labute approximate surface area is 472 Å². The van der Waals surface area contributed by atoms with Crippen molar-refractivity contribution >= 4 is 62.6 Å². The van der Waals surface area contributed by atoms with E-state index in [2.05, 4.69) is 227 Å². The van der Waals surface area contributed by atoms with E-state index in [-0.39, 0.29) is 46.6 Å². The summed E-state index contributed by atoms with van der Waals surface area (Å²) in [7, 11) is 9.91. The summed E-state index contributed by atoms with van der Waals surface area (Å²) in [5.74, 6) is 1.15. The minimum atomic E-state index is -0.0995. The van der Waals surface area contributed by atoms with E-state index in [1.165, 1.54) is 22.7 Å². The van der Waals surface area contributed by atoms with Crippen molar-refractivity contribution < 1.29 is 45.9 Å². The van der Waals surface area contributed by atoms with Crippen molar-refractivity contribution in [2.45, 2.75) is 39.0 Å². The summed E-state index contributed by atoms with van der Waals surface area (Å²) in [6, 6.07) is 64.7. The van der Waals surface area contributed by atoms with Gasteiger partial charge in [0.25, 0.3) is 0 Å². The Balaban J connectivity index is 0.000000195. The predicted molar refractivity (Wildman–Crippen MR) is 299 cm³/mol. The van der Waals surface area contributed by atoms with Gasteiger partial charge in [-0.25, -0.2) is 6.07 Å². The molecule has 2 aromatic heterocycles. The Morgan fingerprint density at radius 2 is 1.07 bits per heavy atom. The second-order valence-corrected chi connectivity index (χ2v) is 19.6. The van der Waals surface area contributed by atoms with E-state index in [4.69, 9.17) is 4.74 Å². The number of benzene rings is 6. The quantitative estimate of drug-likeness (QED) is 0.0819. The molecule has 0 fully saturated rings. The zero-order valence-corrected chi connectivity index (χ0v) is 48.2. The monoisotopic (exact) mass is 1350 g/mol. The summed E-state index contributed by atoms with van der Waals surface area (Å²) < 4.78 is 6.55. The minimum absolute atomic E-state index is 0. The molecule has 0 atom stereocenters. The van der Waals surface area contributed by atoms with E-state index >= 15 is 0 Å². The number of aromatic nitrogens is 2. The molecule has 3 aliphatic rings. The zero-order chi connectivity index (χ0) is 50.6. The second kappa shape index (κ2) is 23.8. The molecule has 1 radical (unpaired) electrons. The summed E-state index contributed by atoms with van der Waals surface area (Å²) >= 11 is 0. The van der Waals surface area contributed by atoms with Crippen LogP contribution in [0, 0.1) is 50.3 Å². The molecule has 5 heterocycles. The standard InChI is InChI=1S/C32H34N6O.C30H26N4.Ir.Pt/c1-32(2,3)22-15-24(38-21-37(8)28-11-9-10-12-29(28)38)17-25(16-22)39-31-18-27(34-20-30(31)36(6)7)26-14-13-23(19-33-26)35(4)5;1-3-13-25(14-4-1)33-23-31(27-17-7-9-19-29(27)33)21-11-12-22-32-24-34(26-15-5-2-6-16-26)30-20-10-8-18-28(30)32;;/h9-13,15-16,19-21H,1-8H3;1-10,13,15,17-20,23-24H,11-12,21-22H2;;/q2*-4;;. The van der Waals surface area contributed by atoms with Crippen molar-refractivity contribution in [3.8, 4) is 22.9 Å². The molecular weight excluding hydrogens is 1290 g/mol. The SMILES string of the molecule is CN(C)c1c[c-]c(-c2[c-]c(Oc3[c-]c(N4[CH-]N(C)c5ccccc54)cc(C(C)(C)C)c3)c(N(C)C)cn2)nc1.[Ir].[Pt].[c-]1ccccc1N1[CH-]N(CCCCN2[CH-]N(c3[c-]cccc3)c3ccccc32)c2ccccc21. The van der Waals surface area contributed by atoms with E-state index in [1.807, 2.05) is 68.3 Å². The first kappa shape index (κ1) is 54.4. The van der Waals surface area contributed by atoms with Crippen LogP contribution in [0.15, 0.2) is 152 Å². The number of hydrogen-bond donors (Lipinski definition) is 0. The van der Waals surface area contributed by atoms with E-state index < -0.39 is 0 Å². The van der Waals surface area contributed by atoms with Crippen LogP contribution < -0.4 is 43.9 Å². The minimum Gasteiger partial charge on any atom is -0.508 e. The fourth-order valence-corrected chi connectivity index (χ4v) is 9.06. The zero-order valence-electron chi connectivity index (χ0n) is 43.5. The van der Waals surface area contributed by atoms with Crippen molar-refractivity contribution in [1.82, 2.24) is 9.97 Å². The van der Waals surface area contributed by atoms with Crippen LogP contribution >= 0.6 is 0 Å². The van der Waals surface area contributed by atoms with Crippen LogP contribution in [0.5, 0.6) is 11.5 Å². The number of pyridine rings is 2. The van der Waals surface area contributed by atoms with Crippen molar-refractivity contribution in [2.75, 3.05) is 87.5 Å². The maximum atomic E-state index is 6.55. The molecule has 0 unspecified atom stereocenters. The topological polar surface area (TPSA) is 60.9 Å². The molecule has 75 heavy (non-hydrogen) atoms. The maximum Gasteiger partial charge on any atom is 0.0326 e. The summed E-state index contributed by atoms with van der Waals surface area (Å²) in [5.41, 5.74) is 14.2. The third-order valence-electron chi connectivity index (χ3n) is 13.0. The van der Waals surface area contributed by atoms with Gasteiger partial charge in [-0.2, -0.15) is 92.8 Å². The van der Waals surface area contributed by atoms with Crippen LogP contribution in [-0.2, 0) is 46.6 Å². The number of para-hydroxylation sites is 8. The van der Waals surface area contributed by atoms with Crippen LogP contribution in [0.2, 0.25) is 0 Å². The molecule has 0 bridgehead atoms. The number of anilines is 11. The fraction of sp³-hybridized carbons (Fsp3) is 0.210. The molecule has 0 N–H and O–H groups in total. The largest absolute Gasteiger partial charge is 0.508 e. The summed E-state index contributed by atoms with van der Waals surface area (Å²) in [5, 5.41) is 0. The van der Waals surface area contributed by atoms with Gasteiger partial charge in [0.05, 0.1) is 0 Å². The third kappa shape index (κ3) is 12.0. The molecule has 0 saturated heterocycles. The van der Waals surface area contributed by atoms with Crippen LogP contribution in [0.4, 0.5) is 62.6 Å². The van der Waals surface area contributed by atoms with Crippen molar-refractivity contribution in [3.05, 3.63) is 208 Å². The van der Waals surface area contributed by atoms with Gasteiger partial charge in [0.1, 0.15) is 0 Å². The average molecular weight is 1350 g/mol. The number of ether oxygens (including phenoxy) is 1. The molecule has 3 aliphatic heterocycles. The predicted octanol–water partition coefficient (Wildman–Crippen LogP) is 13.4. The molecule has 8 aromatic rings. The molecule has 0 amide bonds. The van der Waals surface area contributed by atoms with Crippen LogP contribution in [0.25, 0.3) is 11.4 Å². The Kier molecular flexibility index (Phi) is 17.3. The van der Waals surface area contributed by atoms with Crippen LogP contribution in [-0.4, -0.2) is 58.3 Å². The number of unbranched alkanes of at least 4 members (excludes halogenated alkanes) is 1. The Morgan fingerprint density at radius 1 is 0.560 bits per heavy atom. The molecule has 0 saturated carbocycles. The van der Waals surface area contributed by atoms with Gasteiger partial charge in [-0.3, -0.25) is 0 Å². The smallest absolute Gasteiger partial charge is 0.0326 e. The normalized spacial score (nSPS) is 13.3. The number of rotatable bonds is 13. The van der Waals surface area contributed by atoms with Gasteiger partial charge >= 0.3 is 0 Å². The van der Waals surface area contributed by atoms with Gasteiger partial charge in [0.2, 0.25) is 0 Å². The molecule has 13 heteroatoms. The molecule has 391 valence electrons. The van der Waals surface area contributed by atoms with Crippen LogP contribution in [0.3, 0.4) is 0 Å². The van der Waals surface area contributed by atoms with Gasteiger partial charge in [0.15, 0.2) is 0 Å². The summed E-state index contributed by atoms with van der Waals surface area (Å²) in [6.07, 6.45) is 5.78. The van der Waals surface area contributed by atoms with Gasteiger partial charge < -0.3 is 53.9 Å². The fourth-order valence-electron chi connectivity index (χ4n) is 9.06. The summed E-state index contributed by atoms with van der Waals surface area (Å²) in [6.45, 7) is 15.0. The molecular formula is C62H60IrN10OPt-8. The van der Waals surface area contributed by atoms with E-state index in [0.717, 1.165) is 71.3 Å². The molecule has 6 aromatic carbocycles. The maximum absolute atomic E-state index is 6.55. The second-order valence-electron chi connectivity index (χ2n) is 19.6. The Hall–Kier alpha value is -6.84. The van der Waals surface area contributed by atoms with Gasteiger partial charge in [-0.05, 0) is 127 Å². The van der Waals surface area contributed by atoms with Crippen molar-refractivity contribution in [2.24, 2.45) is 0 Å². The number of fused-ring (bicyclic) bond motifs is 3. The molecule has 0 aliphatic carbocycles. The van der Waals surface area contributed by atoms with Crippen LogP contribution in [0.1, 0.15) is 39.2 Å². The number of nitrogens with zero attached hydrogens (tertiary/aromatic N) is 10. The first-order valence-corrected chi connectivity index (χ1v) is 24.7. The van der Waals surface area contributed by atoms with E-state index in [0.29, 0.717) is 22.9 Å². The first-order chi connectivity index (χ1) is 35.4. The van der Waals surface area contributed by atoms with Crippen molar-refractivity contribution in [1.29, 1.82) is 0 Å². The van der Waals surface area contributed by atoms with Gasteiger partial charge in [-0.15, -0.1) is 52.2 Å².